The molecule has 0 bridgehead atoms. The van der Waals surface area contributed by atoms with E-state index in [0.29, 0.717) is 6.04 Å². The van der Waals surface area contributed by atoms with Crippen molar-refractivity contribution < 1.29 is 0 Å². The minimum absolute atomic E-state index is 0.702. The minimum Gasteiger partial charge on any atom is -0.358 e. The highest BCUT2D eigenvalue weighted by Crippen LogP contribution is 2.35. The van der Waals surface area contributed by atoms with E-state index in [9.17, 15) is 0 Å². The van der Waals surface area contributed by atoms with Gasteiger partial charge in [0.25, 0.3) is 0 Å². The van der Waals surface area contributed by atoms with Gasteiger partial charge in [-0.2, -0.15) is 0 Å². The summed E-state index contributed by atoms with van der Waals surface area (Å²) in [7, 11) is 0. The molecule has 1 saturated carbocycles. The SMILES string of the molecule is S=C(NCc1ccccc1)N1CCC[C@H]2CCCC[C@@H]21. The molecular weight excluding hydrogens is 264 g/mol. The van der Waals surface area contributed by atoms with Crippen LogP contribution in [0.1, 0.15) is 44.1 Å². The standard InChI is InChI=1S/C17H24N2S/c20-17(18-13-14-7-2-1-3-8-14)19-12-6-10-15-9-4-5-11-16(15)19/h1-3,7-8,15-16H,4-6,9-13H2,(H,18,20)/t15-,16+/m1/s1. The van der Waals surface area contributed by atoms with E-state index in [1.807, 2.05) is 0 Å². The number of nitrogens with zero attached hydrogens (tertiary/aromatic N) is 1. The summed E-state index contributed by atoms with van der Waals surface area (Å²) in [5.41, 5.74) is 1.30. The number of piperidine rings is 1. The number of benzene rings is 1. The Hall–Kier alpha value is -1.09. The lowest BCUT2D eigenvalue weighted by Gasteiger charge is -2.45. The van der Waals surface area contributed by atoms with Gasteiger partial charge in [-0.3, -0.25) is 0 Å². The Kier molecular flexibility index (Phi) is 4.56. The Morgan fingerprint density at radius 1 is 1.10 bits per heavy atom. The first-order valence-electron chi connectivity index (χ1n) is 7.93. The van der Waals surface area contributed by atoms with Crippen molar-refractivity contribution in [3.63, 3.8) is 0 Å². The molecule has 0 amide bonds. The zero-order valence-electron chi connectivity index (χ0n) is 12.1. The van der Waals surface area contributed by atoms with Gasteiger partial charge >= 0.3 is 0 Å². The predicted octanol–water partition coefficient (Wildman–Crippen LogP) is 3.72. The molecule has 1 aliphatic carbocycles. The topological polar surface area (TPSA) is 15.3 Å². The van der Waals surface area contributed by atoms with E-state index in [-0.39, 0.29) is 0 Å². The molecule has 1 saturated heterocycles. The number of hydrogen-bond acceptors (Lipinski definition) is 1. The summed E-state index contributed by atoms with van der Waals surface area (Å²) in [4.78, 5) is 2.48. The maximum atomic E-state index is 5.66. The molecule has 0 radical (unpaired) electrons. The van der Waals surface area contributed by atoms with E-state index >= 15 is 0 Å². The Morgan fingerprint density at radius 3 is 2.70 bits per heavy atom. The van der Waals surface area contributed by atoms with Gasteiger partial charge in [0.1, 0.15) is 0 Å². The molecular formula is C17H24N2S. The van der Waals surface area contributed by atoms with Crippen LogP contribution in [0.25, 0.3) is 0 Å². The quantitative estimate of drug-likeness (QED) is 0.835. The number of thiocarbonyl (C=S) groups is 1. The fraction of sp³-hybridized carbons (Fsp3) is 0.588. The van der Waals surface area contributed by atoms with Gasteiger partial charge in [0.15, 0.2) is 5.11 Å². The first-order valence-corrected chi connectivity index (χ1v) is 8.34. The number of rotatable bonds is 2. The number of hydrogen-bond donors (Lipinski definition) is 1. The van der Waals surface area contributed by atoms with E-state index < -0.39 is 0 Å². The van der Waals surface area contributed by atoms with Crippen LogP contribution in [0.2, 0.25) is 0 Å². The predicted molar refractivity (Wildman–Crippen MR) is 87.6 cm³/mol. The van der Waals surface area contributed by atoms with Gasteiger partial charge in [-0.05, 0) is 49.4 Å². The summed E-state index contributed by atoms with van der Waals surface area (Å²) in [6.07, 6.45) is 8.23. The van der Waals surface area contributed by atoms with Crippen molar-refractivity contribution in [1.82, 2.24) is 10.2 Å². The third-order valence-corrected chi connectivity index (χ3v) is 5.17. The smallest absolute Gasteiger partial charge is 0.169 e. The highest BCUT2D eigenvalue weighted by Gasteiger charge is 2.34. The molecule has 108 valence electrons. The van der Waals surface area contributed by atoms with Gasteiger partial charge in [0.2, 0.25) is 0 Å². The van der Waals surface area contributed by atoms with Crippen molar-refractivity contribution in [2.75, 3.05) is 6.54 Å². The van der Waals surface area contributed by atoms with E-state index in [1.54, 1.807) is 0 Å². The van der Waals surface area contributed by atoms with Crippen LogP contribution in [-0.4, -0.2) is 22.6 Å². The second-order valence-electron chi connectivity index (χ2n) is 6.09. The molecule has 0 unspecified atom stereocenters. The molecule has 2 nitrogen and oxygen atoms in total. The van der Waals surface area contributed by atoms with Gasteiger partial charge in [-0.1, -0.05) is 43.2 Å². The highest BCUT2D eigenvalue weighted by atomic mass is 32.1. The Bertz CT molecular complexity index is 444. The third-order valence-electron chi connectivity index (χ3n) is 4.79. The lowest BCUT2D eigenvalue weighted by Crippen LogP contribution is -2.52. The molecule has 2 aliphatic rings. The maximum Gasteiger partial charge on any atom is 0.169 e. The summed E-state index contributed by atoms with van der Waals surface area (Å²) in [5.74, 6) is 0.883. The Morgan fingerprint density at radius 2 is 1.85 bits per heavy atom. The van der Waals surface area contributed by atoms with Gasteiger partial charge < -0.3 is 10.2 Å². The van der Waals surface area contributed by atoms with Crippen LogP contribution in [0.5, 0.6) is 0 Å². The molecule has 0 spiro atoms. The van der Waals surface area contributed by atoms with Crippen molar-refractivity contribution >= 4 is 17.3 Å². The van der Waals surface area contributed by atoms with E-state index in [0.717, 1.165) is 24.1 Å². The van der Waals surface area contributed by atoms with Crippen molar-refractivity contribution in [1.29, 1.82) is 0 Å². The number of fused-ring (bicyclic) bond motifs is 1. The fourth-order valence-electron chi connectivity index (χ4n) is 3.75. The molecule has 2 atom stereocenters. The first kappa shape index (κ1) is 13.9. The molecule has 1 aliphatic heterocycles. The molecule has 0 aromatic heterocycles. The van der Waals surface area contributed by atoms with Crippen molar-refractivity contribution in [2.45, 2.75) is 51.1 Å². The maximum absolute atomic E-state index is 5.66. The van der Waals surface area contributed by atoms with E-state index in [4.69, 9.17) is 12.2 Å². The summed E-state index contributed by atoms with van der Waals surface area (Å²) in [6.45, 7) is 1.98. The molecule has 20 heavy (non-hydrogen) atoms. The second kappa shape index (κ2) is 6.57. The first-order chi connectivity index (χ1) is 9.84. The molecule has 1 aromatic rings. The number of nitrogens with one attached hydrogen (secondary N) is 1. The molecule has 2 fully saturated rings. The monoisotopic (exact) mass is 288 g/mol. The lowest BCUT2D eigenvalue weighted by molar-refractivity contribution is 0.118. The minimum atomic E-state index is 0.702. The highest BCUT2D eigenvalue weighted by molar-refractivity contribution is 7.80. The normalized spacial score (nSPS) is 25.9. The van der Waals surface area contributed by atoms with Crippen LogP contribution in [0.4, 0.5) is 0 Å². The molecule has 1 heterocycles. The van der Waals surface area contributed by atoms with Crippen LogP contribution < -0.4 is 5.32 Å². The lowest BCUT2D eigenvalue weighted by atomic mass is 9.78. The van der Waals surface area contributed by atoms with Gasteiger partial charge in [0.05, 0.1) is 0 Å². The van der Waals surface area contributed by atoms with Crippen LogP contribution >= 0.6 is 12.2 Å². The Balaban J connectivity index is 1.58. The average molecular weight is 288 g/mol. The Labute approximate surface area is 127 Å². The largest absolute Gasteiger partial charge is 0.358 e. The number of likely N-dealkylation sites (tertiary alicyclic amines) is 1. The fourth-order valence-corrected chi connectivity index (χ4v) is 4.05. The summed E-state index contributed by atoms with van der Waals surface area (Å²) >= 11 is 5.66. The van der Waals surface area contributed by atoms with Crippen LogP contribution in [-0.2, 0) is 6.54 Å². The molecule has 3 heteroatoms. The van der Waals surface area contributed by atoms with E-state index in [1.165, 1.54) is 44.1 Å². The third kappa shape index (κ3) is 3.14. The van der Waals surface area contributed by atoms with Crippen molar-refractivity contribution in [3.05, 3.63) is 35.9 Å². The molecule has 1 aromatic carbocycles. The van der Waals surface area contributed by atoms with Crippen molar-refractivity contribution in [3.8, 4) is 0 Å². The van der Waals surface area contributed by atoms with Gasteiger partial charge in [-0.15, -0.1) is 0 Å². The zero-order valence-corrected chi connectivity index (χ0v) is 12.9. The molecule has 3 rings (SSSR count). The van der Waals surface area contributed by atoms with Crippen LogP contribution in [0.3, 0.4) is 0 Å². The van der Waals surface area contributed by atoms with Gasteiger partial charge in [0, 0.05) is 19.1 Å². The summed E-state index contributed by atoms with van der Waals surface area (Å²) in [6, 6.07) is 11.2. The van der Waals surface area contributed by atoms with Crippen LogP contribution in [0.15, 0.2) is 30.3 Å². The molecule has 1 N–H and O–H groups in total. The second-order valence-corrected chi connectivity index (χ2v) is 6.48. The van der Waals surface area contributed by atoms with E-state index in [2.05, 4.69) is 40.5 Å². The summed E-state index contributed by atoms with van der Waals surface area (Å²) < 4.78 is 0. The zero-order chi connectivity index (χ0) is 13.8. The van der Waals surface area contributed by atoms with Crippen molar-refractivity contribution in [2.24, 2.45) is 5.92 Å². The summed E-state index contributed by atoms with van der Waals surface area (Å²) in [5, 5.41) is 4.42. The van der Waals surface area contributed by atoms with Crippen LogP contribution in [0, 0.1) is 5.92 Å². The van der Waals surface area contributed by atoms with Gasteiger partial charge in [-0.25, -0.2) is 0 Å². The average Bonchev–Trinajstić information content (AvgIpc) is 2.53.